The number of aromatic nitrogens is 10. The average molecular weight is 1830 g/mol. The van der Waals surface area contributed by atoms with Gasteiger partial charge in [0.15, 0.2) is 0 Å². The second-order valence-corrected chi connectivity index (χ2v) is 32.1. The van der Waals surface area contributed by atoms with Gasteiger partial charge in [0.05, 0.1) is 59.2 Å². The Morgan fingerprint density at radius 1 is 0.423 bits per heavy atom. The minimum absolute atomic E-state index is 0. The molecule has 694 valence electrons. The van der Waals surface area contributed by atoms with E-state index in [1.54, 1.807) is 65.8 Å². The number of ether oxygens (including phenoxy) is 1. The summed E-state index contributed by atoms with van der Waals surface area (Å²) >= 11 is 1.68. The smallest absolute Gasteiger partial charge is 0.309 e. The number of thiazole rings is 1. The quantitative estimate of drug-likeness (QED) is 0.119. The number of furan rings is 1. The molecule has 2 unspecified atom stereocenters. The molecule has 16 nitrogen and oxygen atoms in total. The Bertz CT molecular complexity index is 5910. The second kappa shape index (κ2) is 64.1. The summed E-state index contributed by atoms with van der Waals surface area (Å²) in [4.78, 5) is 40.7. The topological polar surface area (TPSA) is 203 Å². The molecule has 25 rings (SSSR count). The minimum Gasteiger partial charge on any atom is -0.469 e. The number of carbonyl (C=O) groups excluding carboxylic acids is 1. The van der Waals surface area contributed by atoms with Crippen molar-refractivity contribution < 1.29 is 13.9 Å². The lowest BCUT2D eigenvalue weighted by Crippen LogP contribution is -2.42. The number of aromatic amines is 2. The molecule has 0 bridgehead atoms. The fourth-order valence-corrected chi connectivity index (χ4v) is 15.1. The number of aliphatic imine (C=N–C) groups is 1. The summed E-state index contributed by atoms with van der Waals surface area (Å²) < 4.78 is 12.7. The van der Waals surface area contributed by atoms with Crippen LogP contribution in [-0.2, 0) is 29.4 Å². The van der Waals surface area contributed by atoms with Crippen molar-refractivity contribution in [3.8, 4) is 33.5 Å². The van der Waals surface area contributed by atoms with E-state index in [1.807, 2.05) is 298 Å². The molecule has 3 fully saturated rings. The SMILES string of the molecule is C.C1=Nc2ccccc2C1.C1CCC2NCCCC2C1.C1CCNCC1.COC(=O)Cc1ccc(-c2ccccc2)cc1.Cn1cc(-c2ccccc2)nn1.c1c[nH]cn1.c1ccc(-c2ccccc2)cc1.c1ccc2[nH]ccc2c1.c1ccc2ccccc2c1.c1ccc2ncccc2c1.c1ccc2occc2c1.c1ccc2scnc2c1.c1ccccc1.c1ccncc1.c1ccncc1. The molecular weight excluding hydrogens is 1700 g/mol. The van der Waals surface area contributed by atoms with E-state index in [9.17, 15) is 4.79 Å². The second-order valence-electron chi connectivity index (χ2n) is 31.2. The molecule has 0 amide bonds. The van der Waals surface area contributed by atoms with Crippen LogP contribution in [0.5, 0.6) is 0 Å². The van der Waals surface area contributed by atoms with E-state index in [-0.39, 0.29) is 13.4 Å². The summed E-state index contributed by atoms with van der Waals surface area (Å²) in [6, 6.07) is 139. The van der Waals surface area contributed by atoms with Crippen molar-refractivity contribution in [3.63, 3.8) is 0 Å². The lowest BCUT2D eigenvalue weighted by molar-refractivity contribution is -0.139. The molecule has 4 aliphatic rings. The summed E-state index contributed by atoms with van der Waals surface area (Å²) in [7, 11) is 3.26. The fraction of sp³-hybridized carbons (Fsp3) is 0.158. The zero-order valence-electron chi connectivity index (χ0n) is 77.5. The number of aryl methyl sites for hydroxylation is 1. The number of benzene rings is 13. The predicted molar refractivity (Wildman–Crippen MR) is 574 cm³/mol. The number of carbonyl (C=O) groups is 1. The van der Waals surface area contributed by atoms with Gasteiger partial charge in [-0.25, -0.2) is 9.97 Å². The number of pyridine rings is 3. The Morgan fingerprint density at radius 2 is 0.927 bits per heavy atom. The first-order valence-electron chi connectivity index (χ1n) is 46.3. The van der Waals surface area contributed by atoms with Crippen molar-refractivity contribution in [2.75, 3.05) is 26.7 Å². The zero-order valence-corrected chi connectivity index (χ0v) is 78.3. The van der Waals surface area contributed by atoms with Gasteiger partial charge in [0.1, 0.15) is 11.3 Å². The standard InChI is InChI=1S/C15H14O2.C12H10.C10H8.C9H9N3.C9H17N.C9H7N.2C8H7N.C8H6O.C7H5NS.C6H6.C5H11N.2C5H5N.C3H4N2.CH4/c1-17-15(16)11-12-7-9-14(10-8-12)13-5-3-2-4-6-13;1-3-7-11(8-4-1)12-9-5-2-6-10-12;1-2-6-10-8-4-3-7-9(10)5-1;1-12-7-9(10-11-12)8-5-3-2-4-6-8;2*1-2-6-9-8(4-1)5-3-7-10-9;3*1-2-4-8-7(3-1)5-6-9-8;1-2-4-7-6(3-1)8-5-9-7;4*1-2-4-6-5-3-1;1-2-5-3-4-1;/h2-10H,11H2,1H3;1-10H;1-8H;2-7H,1H3;8-10H,1-7H2;1-7H;1-4,6H,5H2;1-6,9H;1-6H;1-5H;1-6H;6H,1-5H2;2*1-5H;1-3H,(H,4,5);1H4. The number of hydrogen-bond donors (Lipinski definition) is 4. The number of nitrogens with zero attached hydrogens (tertiary/aromatic N) is 9. The number of imidazole rings is 1. The maximum atomic E-state index is 11.1. The lowest BCUT2D eigenvalue weighted by Gasteiger charge is -2.36. The highest BCUT2D eigenvalue weighted by atomic mass is 32.1. The maximum Gasteiger partial charge on any atom is 0.309 e. The molecule has 0 spiro atoms. The number of hydrogen-bond acceptors (Lipinski definition) is 14. The third-order valence-electron chi connectivity index (χ3n) is 21.4. The summed E-state index contributed by atoms with van der Waals surface area (Å²) in [6.07, 6.45) is 35.8. The molecule has 21 aromatic rings. The van der Waals surface area contributed by atoms with E-state index in [4.69, 9.17) is 4.42 Å². The molecule has 17 heteroatoms. The number of nitrogens with one attached hydrogen (secondary N) is 4. The van der Waals surface area contributed by atoms with E-state index in [1.165, 1.54) is 139 Å². The van der Waals surface area contributed by atoms with E-state index in [0.29, 0.717) is 6.42 Å². The molecule has 11 heterocycles. The molecule has 2 atom stereocenters. The van der Waals surface area contributed by atoms with Crippen LogP contribution < -0.4 is 10.6 Å². The first-order valence-corrected chi connectivity index (χ1v) is 47.1. The van der Waals surface area contributed by atoms with Gasteiger partial charge in [0, 0.05) is 97.2 Å². The number of methoxy groups -OCH3 is 1. The normalized spacial score (nSPS) is 12.7. The number of esters is 1. The highest BCUT2D eigenvalue weighted by Crippen LogP contribution is 2.31. The Kier molecular flexibility index (Phi) is 48.4. The van der Waals surface area contributed by atoms with Gasteiger partial charge in [-0.2, -0.15) is 0 Å². The van der Waals surface area contributed by atoms with Crippen LogP contribution in [0.25, 0.3) is 87.3 Å². The summed E-state index contributed by atoms with van der Waals surface area (Å²) in [5, 5.41) is 21.0. The molecular formula is C120H125N13O3S. The average Bonchev–Trinajstić information content (AvgIpc) is 1.87. The van der Waals surface area contributed by atoms with Crippen molar-refractivity contribution in [1.29, 1.82) is 0 Å². The fourth-order valence-electron chi connectivity index (χ4n) is 14.4. The first kappa shape index (κ1) is 103. The van der Waals surface area contributed by atoms with E-state index in [0.717, 1.165) is 68.5 Å². The Hall–Kier alpha value is -15.8. The number of rotatable bonds is 5. The van der Waals surface area contributed by atoms with Crippen LogP contribution in [0.2, 0.25) is 0 Å². The monoisotopic (exact) mass is 1830 g/mol. The first-order chi connectivity index (χ1) is 67.4. The summed E-state index contributed by atoms with van der Waals surface area (Å²) in [6.45, 7) is 3.78. The molecule has 137 heavy (non-hydrogen) atoms. The van der Waals surface area contributed by atoms with Crippen LogP contribution in [0.3, 0.4) is 0 Å². The number of fused-ring (bicyclic) bond motifs is 7. The molecule has 2 saturated heterocycles. The highest BCUT2D eigenvalue weighted by molar-refractivity contribution is 7.16. The number of para-hydroxylation sites is 5. The molecule has 8 aromatic heterocycles. The molecule has 0 radical (unpaired) electrons. The van der Waals surface area contributed by atoms with E-state index >= 15 is 0 Å². The van der Waals surface area contributed by atoms with Gasteiger partial charge in [0.2, 0.25) is 0 Å². The molecule has 4 N–H and O–H groups in total. The minimum atomic E-state index is -0.211. The molecule has 1 aliphatic carbocycles. The number of H-pyrrole nitrogens is 2. The van der Waals surface area contributed by atoms with Crippen LogP contribution in [-0.4, -0.2) is 94.9 Å². The maximum absolute atomic E-state index is 11.1. The largest absolute Gasteiger partial charge is 0.469 e. The predicted octanol–water partition coefficient (Wildman–Crippen LogP) is 29.4. The van der Waals surface area contributed by atoms with Gasteiger partial charge in [0.25, 0.3) is 0 Å². The summed E-state index contributed by atoms with van der Waals surface area (Å²) in [5.74, 6) is 0.833. The Labute approximate surface area is 811 Å². The van der Waals surface area contributed by atoms with Gasteiger partial charge in [-0.15, -0.1) is 16.4 Å². The molecule has 1 saturated carbocycles. The van der Waals surface area contributed by atoms with Crippen LogP contribution in [0.15, 0.2) is 496 Å². The Balaban J connectivity index is 0.000000153. The van der Waals surface area contributed by atoms with Crippen molar-refractivity contribution in [2.45, 2.75) is 84.1 Å². The van der Waals surface area contributed by atoms with Gasteiger partial charge >= 0.3 is 5.97 Å². The van der Waals surface area contributed by atoms with E-state index in [2.05, 4.69) is 217 Å². The lowest BCUT2D eigenvalue weighted by atomic mass is 9.80. The van der Waals surface area contributed by atoms with Crippen LogP contribution >= 0.6 is 11.3 Å². The van der Waals surface area contributed by atoms with Crippen molar-refractivity contribution in [1.82, 2.24) is 60.5 Å². The van der Waals surface area contributed by atoms with Crippen LogP contribution in [0, 0.1) is 5.92 Å². The third-order valence-corrected chi connectivity index (χ3v) is 22.2. The third kappa shape index (κ3) is 40.3. The van der Waals surface area contributed by atoms with Gasteiger partial charge < -0.3 is 29.8 Å². The van der Waals surface area contributed by atoms with Gasteiger partial charge in [-0.05, 0) is 192 Å². The molecule has 13 aromatic carbocycles. The van der Waals surface area contributed by atoms with Crippen molar-refractivity contribution in [2.24, 2.45) is 18.0 Å². The van der Waals surface area contributed by atoms with Gasteiger partial charge in [-0.1, -0.05) is 366 Å². The molecule has 3 aliphatic heterocycles. The van der Waals surface area contributed by atoms with Crippen LogP contribution in [0.4, 0.5) is 5.69 Å². The van der Waals surface area contributed by atoms with Crippen molar-refractivity contribution in [3.05, 3.63) is 498 Å². The summed E-state index contributed by atoms with van der Waals surface area (Å²) in [5.41, 5.74) is 16.5. The zero-order chi connectivity index (χ0) is 94.1. The highest BCUT2D eigenvalue weighted by Gasteiger charge is 2.26. The van der Waals surface area contributed by atoms with Crippen molar-refractivity contribution >= 4 is 83.0 Å². The van der Waals surface area contributed by atoms with Gasteiger partial charge in [-0.3, -0.25) is 29.4 Å². The Morgan fingerprint density at radius 3 is 1.42 bits per heavy atom. The van der Waals surface area contributed by atoms with E-state index < -0.39 is 0 Å². The number of piperidine rings is 2. The van der Waals surface area contributed by atoms with Crippen LogP contribution in [0.1, 0.15) is 76.3 Å².